The number of hydrogen-bond acceptors (Lipinski definition) is 6. The minimum atomic E-state index is -1.11. The van der Waals surface area contributed by atoms with Gasteiger partial charge >= 0.3 is 5.97 Å². The van der Waals surface area contributed by atoms with Crippen molar-refractivity contribution in [3.8, 4) is 0 Å². The molecular weight excluding hydrogens is 334 g/mol. The van der Waals surface area contributed by atoms with E-state index in [2.05, 4.69) is 10.3 Å². The molecule has 126 valence electrons. The number of ether oxygens (including phenoxy) is 1. The van der Waals surface area contributed by atoms with Crippen LogP contribution in [0.15, 0.2) is 23.7 Å². The molecule has 0 aliphatic carbocycles. The predicted octanol–water partition coefficient (Wildman–Crippen LogP) is 1.56. The number of Topliss-reactive ketones (excluding diaryl/α,β-unsaturated/α-hetero) is 1. The number of aromatic amines is 1. The molecule has 0 spiro atoms. The summed E-state index contributed by atoms with van der Waals surface area (Å²) in [6.45, 7) is 2.76. The molecule has 2 aromatic heterocycles. The number of rotatable bonds is 6. The van der Waals surface area contributed by atoms with Crippen molar-refractivity contribution < 1.29 is 23.9 Å². The lowest BCUT2D eigenvalue weighted by Crippen LogP contribution is -2.30. The van der Waals surface area contributed by atoms with Crippen LogP contribution in [0.3, 0.4) is 0 Å². The number of carbonyl (C=O) groups is 4. The molecule has 0 aliphatic heterocycles. The molecule has 2 amide bonds. The van der Waals surface area contributed by atoms with Crippen LogP contribution >= 0.6 is 11.3 Å². The summed E-state index contributed by atoms with van der Waals surface area (Å²) in [5.74, 6) is -2.25. The first-order valence-corrected chi connectivity index (χ1v) is 7.76. The molecule has 0 aliphatic rings. The average Bonchev–Trinajstić information content (AvgIpc) is 3.15. The predicted molar refractivity (Wildman–Crippen MR) is 87.1 cm³/mol. The zero-order valence-electron chi connectivity index (χ0n) is 12.9. The van der Waals surface area contributed by atoms with Crippen LogP contribution in [0, 0.1) is 0 Å². The minimum Gasteiger partial charge on any atom is -0.448 e. The number of hydrogen-bond donors (Lipinski definition) is 3. The Kier molecular flexibility index (Phi) is 5.14. The Hall–Kier alpha value is -2.94. The van der Waals surface area contributed by atoms with Crippen molar-refractivity contribution in [1.82, 2.24) is 4.98 Å². The van der Waals surface area contributed by atoms with Gasteiger partial charge in [-0.05, 0) is 31.4 Å². The molecule has 2 aromatic rings. The molecule has 1 atom stereocenters. The van der Waals surface area contributed by atoms with Gasteiger partial charge in [0.1, 0.15) is 10.7 Å². The number of nitrogens with two attached hydrogens (primary N) is 1. The maximum absolute atomic E-state index is 12.1. The number of anilines is 1. The molecule has 2 rings (SSSR count). The number of nitrogens with one attached hydrogen (secondary N) is 2. The monoisotopic (exact) mass is 349 g/mol. The topological polar surface area (TPSA) is 131 Å². The van der Waals surface area contributed by atoms with E-state index in [1.54, 1.807) is 5.38 Å². The van der Waals surface area contributed by atoms with Crippen molar-refractivity contribution >= 4 is 39.9 Å². The van der Waals surface area contributed by atoms with Gasteiger partial charge in [-0.15, -0.1) is 11.3 Å². The zero-order valence-corrected chi connectivity index (χ0v) is 13.7. The molecular formula is C15H15N3O5S. The minimum absolute atomic E-state index is 0.0637. The number of amides is 2. The Morgan fingerprint density at radius 2 is 2.04 bits per heavy atom. The Bertz CT molecular complexity index is 808. The van der Waals surface area contributed by atoms with E-state index < -0.39 is 23.9 Å². The summed E-state index contributed by atoms with van der Waals surface area (Å²) in [4.78, 5) is 49.1. The highest BCUT2D eigenvalue weighted by Crippen LogP contribution is 2.23. The third-order valence-electron chi connectivity index (χ3n) is 3.13. The third kappa shape index (κ3) is 3.87. The van der Waals surface area contributed by atoms with Crippen LogP contribution in [-0.2, 0) is 9.53 Å². The highest BCUT2D eigenvalue weighted by Gasteiger charge is 2.22. The number of H-pyrrole nitrogens is 1. The van der Waals surface area contributed by atoms with Crippen LogP contribution in [0.25, 0.3) is 0 Å². The summed E-state index contributed by atoms with van der Waals surface area (Å²) in [5, 5.41) is 4.38. The van der Waals surface area contributed by atoms with E-state index in [4.69, 9.17) is 10.5 Å². The third-order valence-corrected chi connectivity index (χ3v) is 3.96. The van der Waals surface area contributed by atoms with Gasteiger partial charge in [0.05, 0.1) is 5.56 Å². The van der Waals surface area contributed by atoms with E-state index in [0.29, 0.717) is 5.56 Å². The Morgan fingerprint density at radius 3 is 2.62 bits per heavy atom. The SMILES string of the molecule is CC(=O)c1c[nH]c(C(=O)OC(C)C(=O)Nc2sccc2C(N)=O)c1. The van der Waals surface area contributed by atoms with Crippen LogP contribution in [-0.4, -0.2) is 34.7 Å². The van der Waals surface area contributed by atoms with E-state index in [1.807, 2.05) is 0 Å². The van der Waals surface area contributed by atoms with E-state index >= 15 is 0 Å². The molecule has 1 unspecified atom stereocenters. The molecule has 0 saturated carbocycles. The van der Waals surface area contributed by atoms with Crippen molar-refractivity contribution in [1.29, 1.82) is 0 Å². The van der Waals surface area contributed by atoms with Crippen molar-refractivity contribution in [2.75, 3.05) is 5.32 Å². The average molecular weight is 349 g/mol. The van der Waals surface area contributed by atoms with Crippen LogP contribution < -0.4 is 11.1 Å². The van der Waals surface area contributed by atoms with Crippen molar-refractivity contribution in [3.63, 3.8) is 0 Å². The molecule has 8 nitrogen and oxygen atoms in total. The normalized spacial score (nSPS) is 11.6. The first kappa shape index (κ1) is 17.4. The fraction of sp³-hybridized carbons (Fsp3) is 0.200. The summed E-state index contributed by atoms with van der Waals surface area (Å²) in [5.41, 5.74) is 5.78. The lowest BCUT2D eigenvalue weighted by Gasteiger charge is -2.12. The Morgan fingerprint density at radius 1 is 1.33 bits per heavy atom. The molecule has 0 bridgehead atoms. The molecule has 0 radical (unpaired) electrons. The summed E-state index contributed by atoms with van der Waals surface area (Å²) in [6, 6.07) is 2.83. The summed E-state index contributed by atoms with van der Waals surface area (Å²) >= 11 is 1.13. The van der Waals surface area contributed by atoms with Gasteiger partial charge in [-0.1, -0.05) is 0 Å². The number of aromatic nitrogens is 1. The first-order valence-electron chi connectivity index (χ1n) is 6.88. The van der Waals surface area contributed by atoms with Gasteiger partial charge in [0, 0.05) is 11.8 Å². The second kappa shape index (κ2) is 7.09. The van der Waals surface area contributed by atoms with Gasteiger partial charge in [0.2, 0.25) is 0 Å². The Balaban J connectivity index is 2.00. The highest BCUT2D eigenvalue weighted by atomic mass is 32.1. The largest absolute Gasteiger partial charge is 0.448 e. The maximum atomic E-state index is 12.1. The maximum Gasteiger partial charge on any atom is 0.355 e. The molecule has 0 saturated heterocycles. The number of ketones is 1. The molecule has 0 fully saturated rings. The number of carbonyl (C=O) groups excluding carboxylic acids is 4. The molecule has 24 heavy (non-hydrogen) atoms. The van der Waals surface area contributed by atoms with Crippen LogP contribution in [0.4, 0.5) is 5.00 Å². The Labute approximate surface area is 141 Å². The van der Waals surface area contributed by atoms with Crippen molar-refractivity contribution in [2.24, 2.45) is 5.73 Å². The fourth-order valence-corrected chi connectivity index (χ4v) is 2.60. The van der Waals surface area contributed by atoms with Gasteiger partial charge < -0.3 is 20.8 Å². The summed E-state index contributed by atoms with van der Waals surface area (Å²) in [7, 11) is 0. The van der Waals surface area contributed by atoms with Gasteiger partial charge in [0.15, 0.2) is 11.9 Å². The van der Waals surface area contributed by atoms with Crippen LogP contribution in [0.5, 0.6) is 0 Å². The number of primary amides is 1. The van der Waals surface area contributed by atoms with Crippen molar-refractivity contribution in [3.05, 3.63) is 40.5 Å². The summed E-state index contributed by atoms with van der Waals surface area (Å²) in [6.07, 6.45) is 0.276. The van der Waals surface area contributed by atoms with Crippen LogP contribution in [0.2, 0.25) is 0 Å². The van der Waals surface area contributed by atoms with Gasteiger partial charge in [-0.2, -0.15) is 0 Å². The molecule has 4 N–H and O–H groups in total. The lowest BCUT2D eigenvalue weighted by atomic mass is 10.2. The van der Waals surface area contributed by atoms with Gasteiger partial charge in [0.25, 0.3) is 11.8 Å². The van der Waals surface area contributed by atoms with E-state index in [0.717, 1.165) is 11.3 Å². The number of thiophene rings is 1. The first-order chi connectivity index (χ1) is 11.3. The second-order valence-corrected chi connectivity index (χ2v) is 5.84. The molecule has 0 aromatic carbocycles. The number of esters is 1. The molecule has 2 heterocycles. The van der Waals surface area contributed by atoms with Crippen LogP contribution in [0.1, 0.15) is 45.1 Å². The lowest BCUT2D eigenvalue weighted by molar-refractivity contribution is -0.123. The smallest absolute Gasteiger partial charge is 0.355 e. The van der Waals surface area contributed by atoms with E-state index in [-0.39, 0.29) is 22.0 Å². The van der Waals surface area contributed by atoms with Crippen molar-refractivity contribution in [2.45, 2.75) is 20.0 Å². The quantitative estimate of drug-likeness (QED) is 0.538. The highest BCUT2D eigenvalue weighted by molar-refractivity contribution is 7.14. The van der Waals surface area contributed by atoms with Gasteiger partial charge in [-0.25, -0.2) is 4.79 Å². The van der Waals surface area contributed by atoms with E-state index in [9.17, 15) is 19.2 Å². The molecule has 9 heteroatoms. The van der Waals surface area contributed by atoms with E-state index in [1.165, 1.54) is 32.2 Å². The fourth-order valence-electron chi connectivity index (χ4n) is 1.81. The summed E-state index contributed by atoms with van der Waals surface area (Å²) < 4.78 is 5.04. The zero-order chi connectivity index (χ0) is 17.9. The second-order valence-electron chi connectivity index (χ2n) is 4.92. The standard InChI is InChI=1S/C15H15N3O5S/c1-7(19)9-5-11(17-6-9)15(22)23-8(2)13(21)18-14-10(12(16)20)3-4-24-14/h3-6,8,17H,1-2H3,(H2,16,20)(H,18,21). The van der Waals surface area contributed by atoms with Gasteiger partial charge in [-0.3, -0.25) is 14.4 Å².